The number of nitro groups is 1. The molecule has 0 fully saturated rings. The predicted molar refractivity (Wildman–Crippen MR) is 81.5 cm³/mol. The van der Waals surface area contributed by atoms with E-state index in [1.807, 2.05) is 0 Å². The summed E-state index contributed by atoms with van der Waals surface area (Å²) in [5, 5.41) is 13.1. The molecule has 0 radical (unpaired) electrons. The van der Waals surface area contributed by atoms with E-state index in [0.717, 1.165) is 0 Å². The zero-order valence-corrected chi connectivity index (χ0v) is 12.0. The third-order valence-corrected chi connectivity index (χ3v) is 3.16. The molecule has 0 bridgehead atoms. The molecule has 0 unspecified atom stereocenters. The van der Waals surface area contributed by atoms with Crippen LogP contribution in [0.3, 0.4) is 0 Å². The summed E-state index contributed by atoms with van der Waals surface area (Å²) < 4.78 is 0. The van der Waals surface area contributed by atoms with Gasteiger partial charge in [-0.15, -0.1) is 0 Å². The molecule has 118 valence electrons. The number of amides is 2. The Hall–Kier alpha value is -3.29. The lowest BCUT2D eigenvalue weighted by Gasteiger charge is -2.15. The van der Waals surface area contributed by atoms with E-state index < -0.39 is 22.8 Å². The number of non-ortho nitro benzene ring substituents is 1. The molecular weight excluding hydrogens is 300 g/mol. The summed E-state index contributed by atoms with van der Waals surface area (Å²) in [4.78, 5) is 37.5. The number of aromatic nitrogens is 1. The highest BCUT2D eigenvalue weighted by atomic mass is 16.6. The highest BCUT2D eigenvalue weighted by Crippen LogP contribution is 2.13. The van der Waals surface area contributed by atoms with Crippen LogP contribution in [0.1, 0.15) is 15.9 Å². The van der Waals surface area contributed by atoms with Crippen molar-refractivity contribution in [2.45, 2.75) is 12.5 Å². The minimum absolute atomic E-state index is 0.0521. The SMILES string of the molecule is NC(=O)[C@H](Cc1ccc([N+](=O)[O-])cc1)NC(=O)c1cccnc1. The van der Waals surface area contributed by atoms with Crippen molar-refractivity contribution in [3.63, 3.8) is 0 Å². The Bertz CT molecular complexity index is 716. The number of nitro benzene ring substituents is 1. The monoisotopic (exact) mass is 314 g/mol. The van der Waals surface area contributed by atoms with E-state index in [1.165, 1.54) is 36.7 Å². The number of benzene rings is 1. The van der Waals surface area contributed by atoms with Crippen LogP contribution in [0.4, 0.5) is 5.69 Å². The van der Waals surface area contributed by atoms with Gasteiger partial charge in [0.25, 0.3) is 11.6 Å². The Morgan fingerprint density at radius 1 is 1.26 bits per heavy atom. The fraction of sp³-hybridized carbons (Fsp3) is 0.133. The van der Waals surface area contributed by atoms with Gasteiger partial charge >= 0.3 is 0 Å². The normalized spacial score (nSPS) is 11.5. The van der Waals surface area contributed by atoms with Crippen molar-refractivity contribution in [1.29, 1.82) is 0 Å². The van der Waals surface area contributed by atoms with Gasteiger partial charge in [-0.3, -0.25) is 24.7 Å². The van der Waals surface area contributed by atoms with Gasteiger partial charge in [0.1, 0.15) is 6.04 Å². The van der Waals surface area contributed by atoms with Crippen LogP contribution in [0.25, 0.3) is 0 Å². The quantitative estimate of drug-likeness (QED) is 0.602. The number of carbonyl (C=O) groups excluding carboxylic acids is 2. The maximum atomic E-state index is 12.0. The second kappa shape index (κ2) is 7.12. The van der Waals surface area contributed by atoms with E-state index >= 15 is 0 Å². The molecule has 0 aliphatic heterocycles. The zero-order chi connectivity index (χ0) is 16.8. The molecule has 8 heteroatoms. The summed E-state index contributed by atoms with van der Waals surface area (Å²) in [6.45, 7) is 0. The molecule has 0 saturated heterocycles. The summed E-state index contributed by atoms with van der Waals surface area (Å²) in [6, 6.07) is 7.93. The van der Waals surface area contributed by atoms with E-state index in [1.54, 1.807) is 12.1 Å². The molecule has 1 heterocycles. The fourth-order valence-corrected chi connectivity index (χ4v) is 1.95. The molecule has 2 rings (SSSR count). The van der Waals surface area contributed by atoms with Crippen LogP contribution in [0.2, 0.25) is 0 Å². The second-order valence-corrected chi connectivity index (χ2v) is 4.80. The first-order valence-electron chi connectivity index (χ1n) is 6.71. The third kappa shape index (κ3) is 4.34. The van der Waals surface area contributed by atoms with Crippen molar-refractivity contribution in [2.75, 3.05) is 0 Å². The number of hydrogen-bond acceptors (Lipinski definition) is 5. The molecule has 0 spiro atoms. The van der Waals surface area contributed by atoms with Gasteiger partial charge in [-0.25, -0.2) is 0 Å². The van der Waals surface area contributed by atoms with E-state index in [2.05, 4.69) is 10.3 Å². The Kier molecular flexibility index (Phi) is 4.98. The van der Waals surface area contributed by atoms with Gasteiger partial charge in [0.2, 0.25) is 5.91 Å². The first kappa shape index (κ1) is 16.1. The Morgan fingerprint density at radius 3 is 2.48 bits per heavy atom. The van der Waals surface area contributed by atoms with Crippen LogP contribution < -0.4 is 11.1 Å². The van der Waals surface area contributed by atoms with E-state index in [4.69, 9.17) is 5.73 Å². The number of nitrogens with two attached hydrogens (primary N) is 1. The lowest BCUT2D eigenvalue weighted by atomic mass is 10.0. The Balaban J connectivity index is 2.08. The molecule has 0 aliphatic carbocycles. The van der Waals surface area contributed by atoms with Crippen molar-refractivity contribution < 1.29 is 14.5 Å². The third-order valence-electron chi connectivity index (χ3n) is 3.16. The maximum absolute atomic E-state index is 12.0. The number of pyridine rings is 1. The molecule has 23 heavy (non-hydrogen) atoms. The number of carbonyl (C=O) groups is 2. The van der Waals surface area contributed by atoms with Gasteiger partial charge in [0, 0.05) is 30.9 Å². The van der Waals surface area contributed by atoms with Gasteiger partial charge in [0.05, 0.1) is 10.5 Å². The molecular formula is C15H14N4O4. The summed E-state index contributed by atoms with van der Waals surface area (Å²) in [7, 11) is 0. The highest BCUT2D eigenvalue weighted by molar-refractivity contribution is 5.97. The number of nitrogens with zero attached hydrogens (tertiary/aromatic N) is 2. The Morgan fingerprint density at radius 2 is 1.96 bits per heavy atom. The van der Waals surface area contributed by atoms with Crippen molar-refractivity contribution in [3.05, 3.63) is 70.0 Å². The average molecular weight is 314 g/mol. The predicted octanol–water partition coefficient (Wildman–Crippen LogP) is 0.816. The molecule has 2 aromatic rings. The molecule has 0 aliphatic rings. The summed E-state index contributed by atoms with van der Waals surface area (Å²) in [5.74, 6) is -1.16. The van der Waals surface area contributed by atoms with Crippen LogP contribution in [0.15, 0.2) is 48.8 Å². The lowest BCUT2D eigenvalue weighted by molar-refractivity contribution is -0.384. The minimum Gasteiger partial charge on any atom is -0.368 e. The number of rotatable bonds is 6. The van der Waals surface area contributed by atoms with Crippen LogP contribution in [0.5, 0.6) is 0 Å². The van der Waals surface area contributed by atoms with Crippen molar-refractivity contribution in [2.24, 2.45) is 5.73 Å². The molecule has 8 nitrogen and oxygen atoms in total. The average Bonchev–Trinajstić information content (AvgIpc) is 2.55. The number of hydrogen-bond donors (Lipinski definition) is 2. The largest absolute Gasteiger partial charge is 0.368 e. The van der Waals surface area contributed by atoms with Gasteiger partial charge in [-0.1, -0.05) is 12.1 Å². The minimum atomic E-state index is -0.927. The van der Waals surface area contributed by atoms with Crippen LogP contribution in [-0.2, 0) is 11.2 Å². The number of primary amides is 1. The van der Waals surface area contributed by atoms with Crippen LogP contribution in [0, 0.1) is 10.1 Å². The van der Waals surface area contributed by atoms with E-state index in [-0.39, 0.29) is 12.1 Å². The Labute approximate surface area is 131 Å². The number of nitrogens with one attached hydrogen (secondary N) is 1. The maximum Gasteiger partial charge on any atom is 0.269 e. The lowest BCUT2D eigenvalue weighted by Crippen LogP contribution is -2.45. The summed E-state index contributed by atoms with van der Waals surface area (Å²) in [6.07, 6.45) is 3.04. The standard InChI is InChI=1S/C15H14N4O4/c16-14(20)13(18-15(21)11-2-1-7-17-9-11)8-10-3-5-12(6-4-10)19(22)23/h1-7,9,13H,8H2,(H2,16,20)(H,18,21)/t13-/m0/s1. The van der Waals surface area contributed by atoms with E-state index in [0.29, 0.717) is 11.1 Å². The van der Waals surface area contributed by atoms with Crippen LogP contribution in [-0.4, -0.2) is 27.8 Å². The molecule has 1 atom stereocenters. The van der Waals surface area contributed by atoms with Gasteiger partial charge in [-0.2, -0.15) is 0 Å². The summed E-state index contributed by atoms with van der Waals surface area (Å²) in [5.41, 5.74) is 6.21. The van der Waals surface area contributed by atoms with Crippen LogP contribution >= 0.6 is 0 Å². The fourth-order valence-electron chi connectivity index (χ4n) is 1.95. The smallest absolute Gasteiger partial charge is 0.269 e. The first-order valence-corrected chi connectivity index (χ1v) is 6.71. The molecule has 3 N–H and O–H groups in total. The van der Waals surface area contributed by atoms with E-state index in [9.17, 15) is 19.7 Å². The van der Waals surface area contributed by atoms with Gasteiger partial charge in [-0.05, 0) is 17.7 Å². The van der Waals surface area contributed by atoms with Gasteiger partial charge < -0.3 is 11.1 Å². The summed E-state index contributed by atoms with van der Waals surface area (Å²) >= 11 is 0. The van der Waals surface area contributed by atoms with Crippen molar-refractivity contribution in [1.82, 2.24) is 10.3 Å². The second-order valence-electron chi connectivity index (χ2n) is 4.80. The topological polar surface area (TPSA) is 128 Å². The highest BCUT2D eigenvalue weighted by Gasteiger charge is 2.20. The first-order chi connectivity index (χ1) is 11.0. The molecule has 2 amide bonds. The van der Waals surface area contributed by atoms with Crippen molar-refractivity contribution in [3.8, 4) is 0 Å². The molecule has 0 saturated carbocycles. The zero-order valence-electron chi connectivity index (χ0n) is 12.0. The molecule has 1 aromatic carbocycles. The van der Waals surface area contributed by atoms with Crippen molar-refractivity contribution >= 4 is 17.5 Å². The molecule has 1 aromatic heterocycles. The van der Waals surface area contributed by atoms with Gasteiger partial charge in [0.15, 0.2) is 0 Å².